The second-order valence-corrected chi connectivity index (χ2v) is 10.8. The van der Waals surface area contributed by atoms with Gasteiger partial charge in [0.2, 0.25) is 5.78 Å². The Balaban J connectivity index is 1.56. The van der Waals surface area contributed by atoms with Crippen molar-refractivity contribution < 1.29 is 44.3 Å². The lowest BCUT2D eigenvalue weighted by atomic mass is 9.59. The highest BCUT2D eigenvalue weighted by atomic mass is 16.5. The summed E-state index contributed by atoms with van der Waals surface area (Å²) in [5.41, 5.74) is 3.04. The fourth-order valence-corrected chi connectivity index (χ4v) is 6.22. The molecule has 5 rings (SSSR count). The van der Waals surface area contributed by atoms with Gasteiger partial charge < -0.3 is 35.8 Å². The number of benzene rings is 2. The van der Waals surface area contributed by atoms with E-state index < -0.39 is 58.0 Å². The molecule has 11 heteroatoms. The normalized spacial score (nSPS) is 23.5. The van der Waals surface area contributed by atoms with Crippen molar-refractivity contribution in [1.82, 2.24) is 0 Å². The van der Waals surface area contributed by atoms with Gasteiger partial charge in [-0.1, -0.05) is 18.2 Å². The lowest BCUT2D eigenvalue weighted by molar-refractivity contribution is -0.147. The molecule has 0 bridgehead atoms. The molecular formula is C30H30N2O9. The zero-order chi connectivity index (χ0) is 29.8. The number of esters is 1. The maximum Gasteiger partial charge on any atom is 0.311 e. The molecule has 0 unspecified atom stereocenters. The van der Waals surface area contributed by atoms with Gasteiger partial charge in [0.15, 0.2) is 11.4 Å². The van der Waals surface area contributed by atoms with E-state index in [9.17, 15) is 39.6 Å². The number of carbonyl (C=O) groups excluding carboxylic acids is 4. The Morgan fingerprint density at radius 2 is 1.78 bits per heavy atom. The largest absolute Gasteiger partial charge is 0.508 e. The monoisotopic (exact) mass is 562 g/mol. The van der Waals surface area contributed by atoms with Crippen LogP contribution in [-0.2, 0) is 32.0 Å². The van der Waals surface area contributed by atoms with Crippen molar-refractivity contribution in [3.8, 4) is 11.5 Å². The molecule has 214 valence electrons. The molecule has 0 aromatic heterocycles. The number of nitrogens with zero attached hydrogens (tertiary/aromatic N) is 1. The van der Waals surface area contributed by atoms with Crippen molar-refractivity contribution in [2.75, 3.05) is 19.0 Å². The Kier molecular flexibility index (Phi) is 6.86. The van der Waals surface area contributed by atoms with Crippen LogP contribution in [0.4, 0.5) is 5.69 Å². The molecule has 1 amide bonds. The topological polar surface area (TPSA) is 188 Å². The number of fused-ring (bicyclic) bond motifs is 3. The van der Waals surface area contributed by atoms with Gasteiger partial charge in [0.05, 0.1) is 12.0 Å². The second kappa shape index (κ2) is 10.1. The molecule has 0 radical (unpaired) electrons. The molecule has 1 fully saturated rings. The molecule has 0 heterocycles. The van der Waals surface area contributed by atoms with Crippen LogP contribution < -0.4 is 15.4 Å². The first kappa shape index (κ1) is 27.9. The number of aryl methyl sites for hydroxylation is 1. The number of para-hydroxylation sites is 1. The van der Waals surface area contributed by atoms with E-state index in [1.165, 1.54) is 0 Å². The highest BCUT2D eigenvalue weighted by Gasteiger charge is 2.60. The van der Waals surface area contributed by atoms with E-state index in [-0.39, 0.29) is 49.0 Å². The van der Waals surface area contributed by atoms with Crippen LogP contribution in [0.3, 0.4) is 0 Å². The number of anilines is 1. The Hall–Kier alpha value is -4.64. The van der Waals surface area contributed by atoms with Gasteiger partial charge in [0, 0.05) is 37.7 Å². The van der Waals surface area contributed by atoms with E-state index >= 15 is 0 Å². The van der Waals surface area contributed by atoms with Crippen molar-refractivity contribution in [2.45, 2.75) is 37.7 Å². The highest BCUT2D eigenvalue weighted by Crippen LogP contribution is 2.53. The number of hydrogen-bond donors (Lipinski definition) is 5. The first-order valence-corrected chi connectivity index (χ1v) is 13.1. The van der Waals surface area contributed by atoms with Gasteiger partial charge in [-0.2, -0.15) is 0 Å². The Bertz CT molecular complexity index is 1560. The molecule has 3 aliphatic rings. The molecule has 2 aromatic carbocycles. The van der Waals surface area contributed by atoms with Gasteiger partial charge in [-0.3, -0.25) is 19.2 Å². The summed E-state index contributed by atoms with van der Waals surface area (Å²) in [6.07, 6.45) is -0.177. The van der Waals surface area contributed by atoms with E-state index in [1.807, 2.05) is 0 Å². The van der Waals surface area contributed by atoms with Crippen LogP contribution in [0.25, 0.3) is 5.76 Å². The number of hydrogen-bond acceptors (Lipinski definition) is 10. The summed E-state index contributed by atoms with van der Waals surface area (Å²) in [5.74, 6) is -6.97. The molecule has 0 saturated heterocycles. The predicted octanol–water partition coefficient (Wildman–Crippen LogP) is 2.03. The van der Waals surface area contributed by atoms with Gasteiger partial charge >= 0.3 is 5.97 Å². The third-order valence-electron chi connectivity index (χ3n) is 8.17. The molecule has 1 saturated carbocycles. The number of ketones is 2. The van der Waals surface area contributed by atoms with E-state index in [4.69, 9.17) is 10.5 Å². The van der Waals surface area contributed by atoms with Crippen LogP contribution in [0.2, 0.25) is 0 Å². The number of aliphatic hydroxyl groups is 3. The summed E-state index contributed by atoms with van der Waals surface area (Å²) in [4.78, 5) is 52.4. The third kappa shape index (κ3) is 4.42. The average molecular weight is 563 g/mol. The summed E-state index contributed by atoms with van der Waals surface area (Å²) in [6, 6.07) is 10.2. The van der Waals surface area contributed by atoms with Crippen LogP contribution in [-0.4, -0.2) is 63.6 Å². The summed E-state index contributed by atoms with van der Waals surface area (Å²) in [6.45, 7) is 0. The SMILES string of the molecule is CN(C)c1cc(CCC(=O)Oc2ccccc2)c(O)c2c1C[C@H]1C[C@H]3CC(=O)C(C(N)=O)=C(O)[C@@]3(O)C(=O)C1=C2O. The summed E-state index contributed by atoms with van der Waals surface area (Å²) in [5, 5.41) is 44.9. The van der Waals surface area contributed by atoms with Crippen molar-refractivity contribution in [1.29, 1.82) is 0 Å². The molecule has 2 aromatic rings. The van der Waals surface area contributed by atoms with Gasteiger partial charge in [-0.05, 0) is 54.5 Å². The van der Waals surface area contributed by atoms with Crippen LogP contribution in [0.1, 0.15) is 36.0 Å². The highest BCUT2D eigenvalue weighted by molar-refractivity contribution is 6.22. The maximum absolute atomic E-state index is 13.7. The third-order valence-corrected chi connectivity index (χ3v) is 8.17. The number of aliphatic hydroxyl groups excluding tert-OH is 2. The zero-order valence-electron chi connectivity index (χ0n) is 22.5. The number of primary amides is 1. The van der Waals surface area contributed by atoms with E-state index in [2.05, 4.69) is 0 Å². The second-order valence-electron chi connectivity index (χ2n) is 10.8. The first-order chi connectivity index (χ1) is 19.4. The number of carbonyl (C=O) groups is 4. The number of phenolic OH excluding ortho intramolecular Hbond substituents is 1. The summed E-state index contributed by atoms with van der Waals surface area (Å²) in [7, 11) is 3.55. The maximum atomic E-state index is 13.7. The standard InChI is InChI=1S/C30H30N2O9/c1-32(2)19-12-14(8-9-21(34)41-17-6-4-3-5-7-17)25(35)23-18(19)11-15-10-16-13-20(33)24(29(31)39)28(38)30(16,40)27(37)22(15)26(23)36/h3-7,12,15-16,35-36,38,40H,8-11,13H2,1-2H3,(H2,31,39)/t15-,16+,30+/m1/s1. The lowest BCUT2D eigenvalue weighted by Crippen LogP contribution is -2.58. The van der Waals surface area contributed by atoms with Gasteiger partial charge in [-0.25, -0.2) is 0 Å². The minimum atomic E-state index is -2.63. The number of ether oxygens (including phenoxy) is 1. The fourth-order valence-electron chi connectivity index (χ4n) is 6.22. The van der Waals surface area contributed by atoms with E-state index in [0.717, 1.165) is 0 Å². The number of Topliss-reactive ketones (excluding diaryl/α,β-unsaturated/α-hetero) is 2. The molecule has 6 N–H and O–H groups in total. The smallest absolute Gasteiger partial charge is 0.311 e. The number of rotatable bonds is 6. The van der Waals surface area contributed by atoms with Crippen LogP contribution in [0, 0.1) is 11.8 Å². The summed E-state index contributed by atoms with van der Waals surface area (Å²) < 4.78 is 5.33. The van der Waals surface area contributed by atoms with Crippen LogP contribution >= 0.6 is 0 Å². The Morgan fingerprint density at radius 1 is 1.10 bits per heavy atom. The van der Waals surface area contributed by atoms with Crippen molar-refractivity contribution in [3.05, 3.63) is 70.0 Å². The van der Waals surface area contributed by atoms with Crippen molar-refractivity contribution >= 4 is 34.9 Å². The van der Waals surface area contributed by atoms with Crippen LogP contribution in [0.15, 0.2) is 53.3 Å². The number of nitrogens with two attached hydrogens (primary N) is 1. The summed E-state index contributed by atoms with van der Waals surface area (Å²) >= 11 is 0. The van der Waals surface area contributed by atoms with E-state index in [1.54, 1.807) is 55.4 Å². The molecule has 41 heavy (non-hydrogen) atoms. The predicted molar refractivity (Wildman–Crippen MR) is 146 cm³/mol. The van der Waals surface area contributed by atoms with Gasteiger partial charge in [-0.15, -0.1) is 0 Å². The van der Waals surface area contributed by atoms with E-state index in [0.29, 0.717) is 22.6 Å². The number of amides is 1. The van der Waals surface area contributed by atoms with Gasteiger partial charge in [0.1, 0.15) is 28.6 Å². The number of aromatic hydroxyl groups is 1. The molecular weight excluding hydrogens is 532 g/mol. The minimum Gasteiger partial charge on any atom is -0.508 e. The fraction of sp³-hybridized carbons (Fsp3) is 0.333. The Morgan fingerprint density at radius 3 is 2.41 bits per heavy atom. The molecule has 0 aliphatic heterocycles. The minimum absolute atomic E-state index is 0.0187. The average Bonchev–Trinajstić information content (AvgIpc) is 2.90. The molecule has 3 aliphatic carbocycles. The molecule has 11 nitrogen and oxygen atoms in total. The zero-order valence-corrected chi connectivity index (χ0v) is 22.5. The molecule has 3 atom stereocenters. The molecule has 0 spiro atoms. The van der Waals surface area contributed by atoms with Crippen molar-refractivity contribution in [3.63, 3.8) is 0 Å². The number of phenols is 1. The first-order valence-electron chi connectivity index (χ1n) is 13.1. The van der Waals surface area contributed by atoms with Gasteiger partial charge in [0.25, 0.3) is 5.91 Å². The quantitative estimate of drug-likeness (QED) is 0.198. The Labute approximate surface area is 235 Å². The van der Waals surface area contributed by atoms with Crippen molar-refractivity contribution in [2.24, 2.45) is 17.6 Å². The van der Waals surface area contributed by atoms with Crippen LogP contribution in [0.5, 0.6) is 11.5 Å². The lowest BCUT2D eigenvalue weighted by Gasteiger charge is -2.46.